The van der Waals surface area contributed by atoms with Crippen LogP contribution in [0.1, 0.15) is 42.1 Å². The van der Waals surface area contributed by atoms with Crippen LogP contribution in [0.5, 0.6) is 0 Å². The monoisotopic (exact) mass is 309 g/mol. The lowest BCUT2D eigenvalue weighted by atomic mass is 10.1. The number of hydrogen-bond donors (Lipinski definition) is 2. The normalized spacial score (nSPS) is 12.8. The van der Waals surface area contributed by atoms with Crippen molar-refractivity contribution >= 4 is 33.4 Å². The Kier molecular flexibility index (Phi) is 4.32. The van der Waals surface area contributed by atoms with Crippen molar-refractivity contribution in [2.24, 2.45) is 13.0 Å². The van der Waals surface area contributed by atoms with E-state index in [2.05, 4.69) is 24.3 Å². The summed E-state index contributed by atoms with van der Waals surface area (Å²) in [4.78, 5) is 24.4. The second-order valence-electron chi connectivity index (χ2n) is 5.44. The van der Waals surface area contributed by atoms with Crippen LogP contribution < -0.4 is 5.32 Å². The van der Waals surface area contributed by atoms with Gasteiger partial charge in [-0.15, -0.1) is 11.3 Å². The molecule has 2 aromatic rings. The Morgan fingerprint density at radius 3 is 2.67 bits per heavy atom. The first-order valence-electron chi connectivity index (χ1n) is 6.78. The molecule has 2 rings (SSSR count). The van der Waals surface area contributed by atoms with Crippen molar-refractivity contribution in [3.05, 3.63) is 16.6 Å². The van der Waals surface area contributed by atoms with Crippen molar-refractivity contribution in [3.63, 3.8) is 0 Å². The SMILES string of the molecule is CC(C)c1nn(C)c2sc(C(=O)NC[C@H](C)C(=O)O)cc12. The number of carboxylic acid groups (broad SMARTS) is 1. The number of carbonyl (C=O) groups excluding carboxylic acids is 1. The molecule has 0 fully saturated rings. The fourth-order valence-corrected chi connectivity index (χ4v) is 3.02. The minimum absolute atomic E-state index is 0.123. The standard InChI is InChI=1S/C14H19N3O3S/c1-7(2)11-9-5-10(21-13(9)17(4)16-11)12(18)15-6-8(3)14(19)20/h5,7-8H,6H2,1-4H3,(H,15,18)(H,19,20)/t8-/m0/s1. The van der Waals surface area contributed by atoms with Crippen LogP contribution in [0.4, 0.5) is 0 Å². The minimum atomic E-state index is -0.919. The number of rotatable bonds is 5. The molecule has 0 aromatic carbocycles. The van der Waals surface area contributed by atoms with Crippen LogP contribution >= 0.6 is 11.3 Å². The van der Waals surface area contributed by atoms with E-state index in [-0.39, 0.29) is 18.4 Å². The van der Waals surface area contributed by atoms with Crippen LogP contribution in [0, 0.1) is 5.92 Å². The molecule has 0 aliphatic heterocycles. The van der Waals surface area contributed by atoms with Gasteiger partial charge in [0.05, 0.1) is 16.5 Å². The smallest absolute Gasteiger partial charge is 0.308 e. The fraction of sp³-hybridized carbons (Fsp3) is 0.500. The van der Waals surface area contributed by atoms with Gasteiger partial charge in [-0.25, -0.2) is 0 Å². The van der Waals surface area contributed by atoms with E-state index in [0.717, 1.165) is 15.9 Å². The second kappa shape index (κ2) is 5.85. The van der Waals surface area contributed by atoms with E-state index in [1.54, 1.807) is 11.6 Å². The van der Waals surface area contributed by atoms with E-state index in [9.17, 15) is 9.59 Å². The summed E-state index contributed by atoms with van der Waals surface area (Å²) in [5.41, 5.74) is 0.974. The molecular weight excluding hydrogens is 290 g/mol. The molecule has 2 heterocycles. The van der Waals surface area contributed by atoms with Crippen LogP contribution in [-0.2, 0) is 11.8 Å². The summed E-state index contributed by atoms with van der Waals surface area (Å²) in [5, 5.41) is 16.9. The number of aryl methyl sites for hydroxylation is 1. The van der Waals surface area contributed by atoms with Crippen LogP contribution in [-0.4, -0.2) is 33.3 Å². The maximum absolute atomic E-state index is 12.1. The lowest BCUT2D eigenvalue weighted by molar-refractivity contribution is -0.140. The van der Waals surface area contributed by atoms with Crippen molar-refractivity contribution in [2.75, 3.05) is 6.54 Å². The quantitative estimate of drug-likeness (QED) is 0.887. The number of aliphatic carboxylic acids is 1. The number of fused-ring (bicyclic) bond motifs is 1. The zero-order valence-electron chi connectivity index (χ0n) is 12.5. The third-order valence-electron chi connectivity index (χ3n) is 3.30. The molecular formula is C14H19N3O3S. The molecule has 6 nitrogen and oxygen atoms in total. The Labute approximate surface area is 126 Å². The second-order valence-corrected chi connectivity index (χ2v) is 6.47. The van der Waals surface area contributed by atoms with Gasteiger partial charge in [-0.05, 0) is 12.0 Å². The van der Waals surface area contributed by atoms with Crippen molar-refractivity contribution < 1.29 is 14.7 Å². The Balaban J connectivity index is 2.21. The lowest BCUT2D eigenvalue weighted by Crippen LogP contribution is -2.30. The van der Waals surface area contributed by atoms with Gasteiger partial charge in [0.15, 0.2) is 0 Å². The van der Waals surface area contributed by atoms with Gasteiger partial charge in [0.1, 0.15) is 4.83 Å². The van der Waals surface area contributed by atoms with E-state index in [4.69, 9.17) is 5.11 Å². The summed E-state index contributed by atoms with van der Waals surface area (Å²) in [6.45, 7) is 5.81. The third kappa shape index (κ3) is 3.07. The highest BCUT2D eigenvalue weighted by Crippen LogP contribution is 2.31. The number of carbonyl (C=O) groups is 2. The Bertz CT molecular complexity index is 687. The first-order chi connectivity index (χ1) is 9.81. The molecule has 21 heavy (non-hydrogen) atoms. The molecule has 7 heteroatoms. The number of nitrogens with zero attached hydrogens (tertiary/aromatic N) is 2. The summed E-state index contributed by atoms with van der Waals surface area (Å²) >= 11 is 1.37. The predicted molar refractivity (Wildman–Crippen MR) is 81.8 cm³/mol. The minimum Gasteiger partial charge on any atom is -0.481 e. The average molecular weight is 309 g/mol. The van der Waals surface area contributed by atoms with Crippen LogP contribution in [0.15, 0.2) is 6.07 Å². The average Bonchev–Trinajstić information content (AvgIpc) is 2.96. The summed E-state index contributed by atoms with van der Waals surface area (Å²) in [6, 6.07) is 1.84. The van der Waals surface area contributed by atoms with Crippen molar-refractivity contribution in [1.82, 2.24) is 15.1 Å². The van der Waals surface area contributed by atoms with Gasteiger partial charge in [-0.1, -0.05) is 20.8 Å². The summed E-state index contributed by atoms with van der Waals surface area (Å²) in [7, 11) is 1.86. The molecule has 0 unspecified atom stereocenters. The molecule has 0 saturated heterocycles. The van der Waals surface area contributed by atoms with Crippen molar-refractivity contribution in [2.45, 2.75) is 26.7 Å². The zero-order valence-corrected chi connectivity index (χ0v) is 13.3. The Morgan fingerprint density at radius 1 is 1.43 bits per heavy atom. The van der Waals surface area contributed by atoms with Gasteiger partial charge in [-0.3, -0.25) is 14.3 Å². The van der Waals surface area contributed by atoms with Crippen molar-refractivity contribution in [3.8, 4) is 0 Å². The fourth-order valence-electron chi connectivity index (χ4n) is 2.02. The molecule has 0 bridgehead atoms. The third-order valence-corrected chi connectivity index (χ3v) is 4.50. The van der Waals surface area contributed by atoms with Crippen LogP contribution in [0.25, 0.3) is 10.2 Å². The van der Waals surface area contributed by atoms with Crippen LogP contribution in [0.2, 0.25) is 0 Å². The summed E-state index contributed by atoms with van der Waals surface area (Å²) in [5.74, 6) is -1.47. The van der Waals surface area contributed by atoms with Gasteiger partial charge < -0.3 is 10.4 Å². The molecule has 0 saturated carbocycles. The Hall–Kier alpha value is -1.89. The van der Waals surface area contributed by atoms with E-state index in [0.29, 0.717) is 4.88 Å². The van der Waals surface area contributed by atoms with E-state index in [1.165, 1.54) is 11.3 Å². The zero-order chi connectivity index (χ0) is 15.7. The molecule has 1 amide bonds. The highest BCUT2D eigenvalue weighted by Gasteiger charge is 2.19. The molecule has 0 aliphatic carbocycles. The largest absolute Gasteiger partial charge is 0.481 e. The van der Waals surface area contributed by atoms with E-state index >= 15 is 0 Å². The maximum Gasteiger partial charge on any atom is 0.308 e. The lowest BCUT2D eigenvalue weighted by Gasteiger charge is -2.07. The number of hydrogen-bond acceptors (Lipinski definition) is 4. The summed E-state index contributed by atoms with van der Waals surface area (Å²) < 4.78 is 1.78. The van der Waals surface area contributed by atoms with Crippen molar-refractivity contribution in [1.29, 1.82) is 0 Å². The highest BCUT2D eigenvalue weighted by molar-refractivity contribution is 7.20. The Morgan fingerprint density at radius 2 is 2.10 bits per heavy atom. The molecule has 0 spiro atoms. The number of thiophene rings is 1. The van der Waals surface area contributed by atoms with Gasteiger partial charge >= 0.3 is 5.97 Å². The van der Waals surface area contributed by atoms with E-state index in [1.807, 2.05) is 13.1 Å². The predicted octanol–water partition coefficient (Wildman–Crippen LogP) is 2.21. The van der Waals surface area contributed by atoms with Crippen LogP contribution in [0.3, 0.4) is 0 Å². The molecule has 0 aliphatic rings. The number of amides is 1. The number of nitrogens with one attached hydrogen (secondary N) is 1. The first-order valence-corrected chi connectivity index (χ1v) is 7.60. The highest BCUT2D eigenvalue weighted by atomic mass is 32.1. The number of aromatic nitrogens is 2. The summed E-state index contributed by atoms with van der Waals surface area (Å²) in [6.07, 6.45) is 0. The number of carboxylic acids is 1. The molecule has 2 aromatic heterocycles. The molecule has 0 radical (unpaired) electrons. The van der Waals surface area contributed by atoms with Gasteiger partial charge in [-0.2, -0.15) is 5.10 Å². The molecule has 2 N–H and O–H groups in total. The van der Waals surface area contributed by atoms with Gasteiger partial charge in [0.25, 0.3) is 5.91 Å². The molecule has 1 atom stereocenters. The van der Waals surface area contributed by atoms with Gasteiger partial charge in [0, 0.05) is 19.0 Å². The van der Waals surface area contributed by atoms with Gasteiger partial charge in [0.2, 0.25) is 0 Å². The first kappa shape index (κ1) is 15.5. The maximum atomic E-state index is 12.1. The molecule has 114 valence electrons. The topological polar surface area (TPSA) is 84.2 Å². The van der Waals surface area contributed by atoms with E-state index < -0.39 is 11.9 Å².